The molecular weight excluding hydrogens is 332 g/mol. The van der Waals surface area contributed by atoms with Gasteiger partial charge in [0, 0.05) is 0 Å². The fourth-order valence-corrected chi connectivity index (χ4v) is 1.16. The lowest BCUT2D eigenvalue weighted by Gasteiger charge is -2.07. The van der Waals surface area contributed by atoms with E-state index in [4.69, 9.17) is 28.0 Å². The summed E-state index contributed by atoms with van der Waals surface area (Å²) in [6.07, 6.45) is 0. The normalized spacial score (nSPS) is 11.3. The third-order valence-corrected chi connectivity index (χ3v) is 2.53. The van der Waals surface area contributed by atoms with Crippen LogP contribution >= 0.6 is 12.2 Å². The Hall–Kier alpha value is -2.79. The van der Waals surface area contributed by atoms with E-state index >= 15 is 0 Å². The summed E-state index contributed by atoms with van der Waals surface area (Å²) in [6.45, 7) is 3.55. The third-order valence-electron chi connectivity index (χ3n) is 2.45. The van der Waals surface area contributed by atoms with Gasteiger partial charge in [-0.05, 0) is 42.4 Å². The Labute approximate surface area is 145 Å². The van der Waals surface area contributed by atoms with Crippen LogP contribution in [0.1, 0.15) is 13.8 Å². The van der Waals surface area contributed by atoms with Crippen LogP contribution < -0.4 is 28.4 Å². The quantitative estimate of drug-likeness (QED) is 0.146. The van der Waals surface area contributed by atoms with Crippen molar-refractivity contribution >= 4 is 40.6 Å². The highest BCUT2D eigenvalue weighted by molar-refractivity contribution is 7.80. The molecule has 0 saturated heterocycles. The summed E-state index contributed by atoms with van der Waals surface area (Å²) >= 11 is 4.55. The van der Waals surface area contributed by atoms with E-state index < -0.39 is 12.0 Å². The molecule has 0 unspecified atom stereocenters. The molecule has 11 heteroatoms. The highest BCUT2D eigenvalue weighted by Crippen LogP contribution is 2.16. The number of nitrogens with two attached hydrogens (primary N) is 4. The van der Waals surface area contributed by atoms with Gasteiger partial charge in [-0.2, -0.15) is 0 Å². The van der Waals surface area contributed by atoms with E-state index in [2.05, 4.69) is 33.0 Å². The second kappa shape index (κ2) is 10.9. The van der Waals surface area contributed by atoms with Crippen molar-refractivity contribution in [2.75, 3.05) is 5.43 Å². The lowest BCUT2D eigenvalue weighted by molar-refractivity contribution is -0.139. The number of benzene rings is 1. The number of rotatable bonds is 5. The number of nitrogens with one attached hydrogen (secondary N) is 1. The summed E-state index contributed by atoms with van der Waals surface area (Å²) in [4.78, 5) is 10.0. The van der Waals surface area contributed by atoms with E-state index in [-0.39, 0.29) is 17.0 Å². The summed E-state index contributed by atoms with van der Waals surface area (Å²) in [5, 5.41) is 19.2. The molecule has 1 aromatic rings. The molecule has 0 fully saturated rings. The third kappa shape index (κ3) is 10.0. The van der Waals surface area contributed by atoms with Gasteiger partial charge in [0.05, 0.1) is 11.4 Å². The molecule has 10 N–H and O–H groups in total. The molecule has 0 aliphatic rings. The number of guanidine groups is 1. The first-order chi connectivity index (χ1) is 11.1. The van der Waals surface area contributed by atoms with E-state index in [0.717, 1.165) is 5.69 Å². The zero-order chi connectivity index (χ0) is 18.7. The van der Waals surface area contributed by atoms with Gasteiger partial charge in [-0.15, -0.1) is 15.3 Å². The van der Waals surface area contributed by atoms with Gasteiger partial charge in [0.1, 0.15) is 6.04 Å². The molecule has 24 heavy (non-hydrogen) atoms. The molecule has 0 heterocycles. The van der Waals surface area contributed by atoms with Gasteiger partial charge in [0.25, 0.3) is 0 Å². The molecule has 0 spiro atoms. The summed E-state index contributed by atoms with van der Waals surface area (Å²) in [5.41, 5.74) is 24.6. The molecule has 0 aromatic heterocycles. The van der Waals surface area contributed by atoms with E-state index in [9.17, 15) is 4.79 Å². The van der Waals surface area contributed by atoms with Gasteiger partial charge in [0.2, 0.25) is 11.1 Å². The number of carboxylic acid groups (broad SMARTS) is 1. The zero-order valence-electron chi connectivity index (χ0n) is 13.4. The number of anilines is 1. The second-order valence-electron chi connectivity index (χ2n) is 4.84. The fraction of sp³-hybridized carbons (Fsp3) is 0.308. The number of nitrogens with zero attached hydrogens (tertiary/aromatic N) is 3. The van der Waals surface area contributed by atoms with Gasteiger partial charge in [-0.3, -0.25) is 10.2 Å². The summed E-state index contributed by atoms with van der Waals surface area (Å²) in [7, 11) is 0. The lowest BCUT2D eigenvalue weighted by atomic mass is 10.1. The number of azo groups is 1. The minimum absolute atomic E-state index is 0.0114. The monoisotopic (exact) mass is 354 g/mol. The van der Waals surface area contributed by atoms with Crippen molar-refractivity contribution in [3.8, 4) is 0 Å². The van der Waals surface area contributed by atoms with Crippen LogP contribution in [0.25, 0.3) is 0 Å². The second-order valence-corrected chi connectivity index (χ2v) is 5.26. The van der Waals surface area contributed by atoms with Crippen LogP contribution in [-0.2, 0) is 4.79 Å². The predicted octanol–water partition coefficient (Wildman–Crippen LogP) is 0.669. The Balaban J connectivity index is 0.000000561. The predicted molar refractivity (Wildman–Crippen MR) is 97.6 cm³/mol. The number of carboxylic acids is 1. The number of carbonyl (C=O) groups is 1. The average Bonchev–Trinajstić information content (AvgIpc) is 2.51. The topological polar surface area (TPSA) is 190 Å². The van der Waals surface area contributed by atoms with Gasteiger partial charge < -0.3 is 28.0 Å². The van der Waals surface area contributed by atoms with Crippen LogP contribution in [0.3, 0.4) is 0 Å². The molecule has 0 bridgehead atoms. The van der Waals surface area contributed by atoms with Crippen molar-refractivity contribution in [2.45, 2.75) is 19.9 Å². The number of hydrazone groups is 1. The summed E-state index contributed by atoms with van der Waals surface area (Å²) in [5.74, 6) is -0.954. The largest absolute Gasteiger partial charge is 0.480 e. The number of aliphatic carboxylic acids is 1. The van der Waals surface area contributed by atoms with Crippen molar-refractivity contribution in [1.82, 2.24) is 0 Å². The van der Waals surface area contributed by atoms with E-state index in [1.807, 2.05) is 0 Å². The van der Waals surface area contributed by atoms with Gasteiger partial charge in [-0.1, -0.05) is 13.8 Å². The SMILES string of the molecule is CC(C)[C@H](N)C(=O)O.NC(=S)N=Nc1ccc(NN=C(N)N)cc1. The van der Waals surface area contributed by atoms with Gasteiger partial charge >= 0.3 is 5.97 Å². The maximum atomic E-state index is 10.0. The Morgan fingerprint density at radius 3 is 2.08 bits per heavy atom. The van der Waals surface area contributed by atoms with Crippen molar-refractivity contribution in [1.29, 1.82) is 0 Å². The highest BCUT2D eigenvalue weighted by atomic mass is 32.1. The molecular formula is C13H22N8O2S. The molecule has 10 nitrogen and oxygen atoms in total. The van der Waals surface area contributed by atoms with E-state index in [0.29, 0.717) is 5.69 Å². The van der Waals surface area contributed by atoms with E-state index in [1.165, 1.54) is 0 Å². The van der Waals surface area contributed by atoms with Gasteiger partial charge in [0.15, 0.2) is 0 Å². The molecule has 1 rings (SSSR count). The van der Waals surface area contributed by atoms with Crippen LogP contribution in [0.2, 0.25) is 0 Å². The maximum absolute atomic E-state index is 10.0. The van der Waals surface area contributed by atoms with Crippen LogP contribution in [-0.4, -0.2) is 28.2 Å². The van der Waals surface area contributed by atoms with Crippen LogP contribution in [0, 0.1) is 5.92 Å². The average molecular weight is 354 g/mol. The summed E-state index contributed by atoms with van der Waals surface area (Å²) < 4.78 is 0. The molecule has 0 amide bonds. The van der Waals surface area contributed by atoms with E-state index in [1.54, 1.807) is 38.1 Å². The Kier molecular flexibility index (Phi) is 9.59. The summed E-state index contributed by atoms with van der Waals surface area (Å²) in [6, 6.07) is 6.19. The maximum Gasteiger partial charge on any atom is 0.320 e. The zero-order valence-corrected chi connectivity index (χ0v) is 14.2. The minimum atomic E-state index is -0.931. The van der Waals surface area contributed by atoms with Crippen molar-refractivity contribution in [3.63, 3.8) is 0 Å². The Morgan fingerprint density at radius 1 is 1.21 bits per heavy atom. The molecule has 132 valence electrons. The highest BCUT2D eigenvalue weighted by Gasteiger charge is 2.14. The fourth-order valence-electron chi connectivity index (χ4n) is 1.12. The Morgan fingerprint density at radius 2 is 1.75 bits per heavy atom. The smallest absolute Gasteiger partial charge is 0.320 e. The molecule has 1 atom stereocenters. The van der Waals surface area contributed by atoms with Gasteiger partial charge in [-0.25, -0.2) is 0 Å². The first kappa shape index (κ1) is 21.2. The number of hydrogen-bond acceptors (Lipinski definition) is 6. The van der Waals surface area contributed by atoms with Crippen molar-refractivity contribution < 1.29 is 9.90 Å². The first-order valence-electron chi connectivity index (χ1n) is 6.77. The number of hydrogen-bond donors (Lipinski definition) is 6. The molecule has 1 aromatic carbocycles. The lowest BCUT2D eigenvalue weighted by Crippen LogP contribution is -2.34. The Bertz CT molecular complexity index is 596. The first-order valence-corrected chi connectivity index (χ1v) is 7.18. The van der Waals surface area contributed by atoms with Crippen LogP contribution in [0.15, 0.2) is 39.6 Å². The number of thiocarbonyl (C=S) groups is 1. The minimum Gasteiger partial charge on any atom is -0.480 e. The van der Waals surface area contributed by atoms with Crippen molar-refractivity contribution in [3.05, 3.63) is 24.3 Å². The molecule has 0 radical (unpaired) electrons. The standard InChI is InChI=1S/C8H11N7S.C5H11NO2/c9-7(10)14-12-5-1-3-6(4-2-5)13-15-8(11)16;1-3(2)4(6)5(7)8/h1-4,12H,(H2,11,16)(H4,9,10,14);3-4H,6H2,1-2H3,(H,7,8)/t;4-/m.0/s1. The molecule has 0 aliphatic carbocycles. The van der Waals surface area contributed by atoms with Crippen LogP contribution in [0.5, 0.6) is 0 Å². The van der Waals surface area contributed by atoms with Crippen LogP contribution in [0.4, 0.5) is 11.4 Å². The molecule has 0 saturated carbocycles. The molecule has 0 aliphatic heterocycles. The van der Waals surface area contributed by atoms with Crippen molar-refractivity contribution in [2.24, 2.45) is 44.2 Å².